The number of hydrogen-bond acceptors (Lipinski definition) is 3. The van der Waals surface area contributed by atoms with Crippen molar-refractivity contribution in [1.29, 1.82) is 0 Å². The molecule has 1 aromatic carbocycles. The highest BCUT2D eigenvalue weighted by atomic mass is 16.5. The molecular weight excluding hydrogens is 240 g/mol. The number of allylic oxidation sites excluding steroid dienone is 1. The van der Waals surface area contributed by atoms with Crippen molar-refractivity contribution in [1.82, 2.24) is 0 Å². The van der Waals surface area contributed by atoms with Crippen LogP contribution in [0.4, 0.5) is 0 Å². The van der Waals surface area contributed by atoms with Crippen LogP contribution < -0.4 is 4.74 Å². The molecule has 1 aromatic rings. The Hall–Kier alpha value is -1.77. The van der Waals surface area contributed by atoms with Gasteiger partial charge in [0.25, 0.3) is 0 Å². The third kappa shape index (κ3) is 2.80. The molecular formula is C16H20O3. The van der Waals surface area contributed by atoms with Crippen molar-refractivity contribution in [3.05, 3.63) is 35.4 Å². The van der Waals surface area contributed by atoms with Crippen LogP contribution in [0, 0.1) is 0 Å². The van der Waals surface area contributed by atoms with E-state index in [9.17, 15) is 4.79 Å². The number of carbonyl (C=O) groups is 1. The lowest BCUT2D eigenvalue weighted by Crippen LogP contribution is -2.26. The summed E-state index contributed by atoms with van der Waals surface area (Å²) in [6, 6.07) is 6.08. The number of ether oxygens (including phenoxy) is 2. The molecule has 0 aromatic heterocycles. The summed E-state index contributed by atoms with van der Waals surface area (Å²) in [4.78, 5) is 11.3. The minimum atomic E-state index is -0.328. The molecule has 102 valence electrons. The number of hydrogen-bond donors (Lipinski definition) is 0. The lowest BCUT2D eigenvalue weighted by Gasteiger charge is -2.32. The first kappa shape index (κ1) is 13.7. The Morgan fingerprint density at radius 2 is 2.16 bits per heavy atom. The van der Waals surface area contributed by atoms with Crippen molar-refractivity contribution in [3.8, 4) is 5.75 Å². The van der Waals surface area contributed by atoms with E-state index in [2.05, 4.69) is 24.7 Å². The van der Waals surface area contributed by atoms with Crippen molar-refractivity contribution >= 4 is 11.5 Å². The summed E-state index contributed by atoms with van der Waals surface area (Å²) in [7, 11) is 1.38. The van der Waals surface area contributed by atoms with Gasteiger partial charge in [-0.1, -0.05) is 19.9 Å². The predicted octanol–water partition coefficient (Wildman–Crippen LogP) is 3.32. The Balaban J connectivity index is 2.40. The van der Waals surface area contributed by atoms with Gasteiger partial charge < -0.3 is 9.47 Å². The van der Waals surface area contributed by atoms with Gasteiger partial charge in [0.2, 0.25) is 0 Å². The van der Waals surface area contributed by atoms with Crippen molar-refractivity contribution in [2.45, 2.75) is 32.6 Å². The van der Waals surface area contributed by atoms with Gasteiger partial charge in [-0.25, -0.2) is 4.79 Å². The van der Waals surface area contributed by atoms with Crippen LogP contribution in [0.5, 0.6) is 5.75 Å². The second-order valence-electron chi connectivity index (χ2n) is 5.54. The van der Waals surface area contributed by atoms with Crippen LogP contribution in [0.15, 0.2) is 24.3 Å². The zero-order valence-corrected chi connectivity index (χ0v) is 11.9. The fourth-order valence-electron chi connectivity index (χ4n) is 2.30. The fraction of sp³-hybridized carbons (Fsp3) is 0.438. The number of fused-ring (bicyclic) bond motifs is 1. The predicted molar refractivity (Wildman–Crippen MR) is 75.2 cm³/mol. The van der Waals surface area contributed by atoms with E-state index in [-0.39, 0.29) is 11.4 Å². The average molecular weight is 260 g/mol. The van der Waals surface area contributed by atoms with Crippen LogP contribution in [0.1, 0.15) is 38.3 Å². The minimum Gasteiger partial charge on any atom is -0.493 e. The van der Waals surface area contributed by atoms with Gasteiger partial charge in [0, 0.05) is 11.6 Å². The summed E-state index contributed by atoms with van der Waals surface area (Å²) in [6.07, 6.45) is 2.52. The summed E-state index contributed by atoms with van der Waals surface area (Å²) in [5.41, 5.74) is 3.24. The molecule has 1 heterocycles. The number of methoxy groups -OCH3 is 1. The molecule has 0 bridgehead atoms. The third-order valence-corrected chi connectivity index (χ3v) is 3.68. The average Bonchev–Trinajstić information content (AvgIpc) is 2.38. The molecule has 3 nitrogen and oxygen atoms in total. The lowest BCUT2D eigenvalue weighted by molar-refractivity contribution is -0.134. The fourth-order valence-corrected chi connectivity index (χ4v) is 2.30. The van der Waals surface area contributed by atoms with E-state index in [1.165, 1.54) is 18.7 Å². The molecule has 0 saturated heterocycles. The van der Waals surface area contributed by atoms with Crippen LogP contribution in [-0.4, -0.2) is 19.7 Å². The molecule has 0 radical (unpaired) electrons. The molecule has 0 amide bonds. The monoisotopic (exact) mass is 260 g/mol. The second kappa shape index (κ2) is 5.08. The SMILES string of the molecule is COC(=O)/C=C(/C)c1ccc2c(c1)C(C)(C)CCO2. The van der Waals surface area contributed by atoms with Gasteiger partial charge in [-0.15, -0.1) is 0 Å². The van der Waals surface area contributed by atoms with Gasteiger partial charge in [0.15, 0.2) is 0 Å². The molecule has 0 saturated carbocycles. The number of benzene rings is 1. The van der Waals surface area contributed by atoms with Crippen LogP contribution >= 0.6 is 0 Å². The molecule has 0 aliphatic carbocycles. The van der Waals surface area contributed by atoms with Crippen molar-refractivity contribution in [2.24, 2.45) is 0 Å². The first-order chi connectivity index (χ1) is 8.94. The van der Waals surface area contributed by atoms with Crippen molar-refractivity contribution in [2.75, 3.05) is 13.7 Å². The molecule has 19 heavy (non-hydrogen) atoms. The van der Waals surface area contributed by atoms with Gasteiger partial charge in [0.05, 0.1) is 13.7 Å². The Kier molecular flexibility index (Phi) is 3.65. The highest BCUT2D eigenvalue weighted by Gasteiger charge is 2.28. The lowest BCUT2D eigenvalue weighted by atomic mass is 9.79. The first-order valence-electron chi connectivity index (χ1n) is 6.48. The van der Waals surface area contributed by atoms with Gasteiger partial charge in [-0.3, -0.25) is 0 Å². The molecule has 1 aliphatic rings. The topological polar surface area (TPSA) is 35.5 Å². The zero-order valence-electron chi connectivity index (χ0n) is 11.9. The Morgan fingerprint density at radius 1 is 1.42 bits per heavy atom. The summed E-state index contributed by atoms with van der Waals surface area (Å²) < 4.78 is 10.3. The summed E-state index contributed by atoms with van der Waals surface area (Å²) in [6.45, 7) is 7.11. The van der Waals surface area contributed by atoms with E-state index < -0.39 is 0 Å². The van der Waals surface area contributed by atoms with Gasteiger partial charge in [0.1, 0.15) is 5.75 Å². The van der Waals surface area contributed by atoms with Crippen LogP contribution in [0.2, 0.25) is 0 Å². The Bertz CT molecular complexity index is 527. The van der Waals surface area contributed by atoms with E-state index in [1.807, 2.05) is 19.1 Å². The maximum absolute atomic E-state index is 11.3. The van der Waals surface area contributed by atoms with E-state index >= 15 is 0 Å². The van der Waals surface area contributed by atoms with E-state index in [1.54, 1.807) is 0 Å². The van der Waals surface area contributed by atoms with Crippen LogP contribution in [-0.2, 0) is 14.9 Å². The zero-order chi connectivity index (χ0) is 14.0. The smallest absolute Gasteiger partial charge is 0.330 e. The normalized spacial score (nSPS) is 17.4. The van der Waals surface area contributed by atoms with Gasteiger partial charge in [-0.05, 0) is 42.0 Å². The Labute approximate surface area is 114 Å². The van der Waals surface area contributed by atoms with Crippen LogP contribution in [0.25, 0.3) is 5.57 Å². The number of carbonyl (C=O) groups excluding carboxylic acids is 1. The largest absolute Gasteiger partial charge is 0.493 e. The molecule has 0 N–H and O–H groups in total. The van der Waals surface area contributed by atoms with E-state index in [4.69, 9.17) is 4.74 Å². The standard InChI is InChI=1S/C16H20O3/c1-11(9-15(17)18-4)12-5-6-14-13(10-12)16(2,3)7-8-19-14/h5-6,9-10H,7-8H2,1-4H3/b11-9-. The maximum Gasteiger partial charge on any atom is 0.330 e. The summed E-state index contributed by atoms with van der Waals surface area (Å²) in [5.74, 6) is 0.622. The van der Waals surface area contributed by atoms with E-state index in [0.717, 1.165) is 29.9 Å². The second-order valence-corrected chi connectivity index (χ2v) is 5.54. The molecule has 0 fully saturated rings. The van der Waals surface area contributed by atoms with Crippen LogP contribution in [0.3, 0.4) is 0 Å². The molecule has 2 rings (SSSR count). The first-order valence-corrected chi connectivity index (χ1v) is 6.48. The number of esters is 1. The molecule has 0 unspecified atom stereocenters. The summed E-state index contributed by atoms with van der Waals surface area (Å²) in [5, 5.41) is 0. The van der Waals surface area contributed by atoms with E-state index in [0.29, 0.717) is 0 Å². The van der Waals surface area contributed by atoms with Crippen molar-refractivity contribution in [3.63, 3.8) is 0 Å². The van der Waals surface area contributed by atoms with Gasteiger partial charge in [-0.2, -0.15) is 0 Å². The highest BCUT2D eigenvalue weighted by Crippen LogP contribution is 2.39. The Morgan fingerprint density at radius 3 is 2.84 bits per heavy atom. The summed E-state index contributed by atoms with van der Waals surface area (Å²) >= 11 is 0. The van der Waals surface area contributed by atoms with Crippen molar-refractivity contribution < 1.29 is 14.3 Å². The molecule has 1 aliphatic heterocycles. The molecule has 0 atom stereocenters. The highest BCUT2D eigenvalue weighted by molar-refractivity contribution is 5.90. The molecule has 0 spiro atoms. The minimum absolute atomic E-state index is 0.106. The third-order valence-electron chi connectivity index (χ3n) is 3.68. The quantitative estimate of drug-likeness (QED) is 0.604. The van der Waals surface area contributed by atoms with Gasteiger partial charge >= 0.3 is 5.97 Å². The molecule has 3 heteroatoms. The maximum atomic E-state index is 11.3. The number of rotatable bonds is 2.